The second kappa shape index (κ2) is 6.35. The van der Waals surface area contributed by atoms with Gasteiger partial charge in [0.1, 0.15) is 0 Å². The predicted molar refractivity (Wildman–Crippen MR) is 77.8 cm³/mol. The van der Waals surface area contributed by atoms with Gasteiger partial charge in [-0.3, -0.25) is 0 Å². The van der Waals surface area contributed by atoms with Crippen molar-refractivity contribution in [2.24, 2.45) is 5.73 Å². The van der Waals surface area contributed by atoms with Crippen molar-refractivity contribution >= 4 is 0 Å². The average Bonchev–Trinajstić information content (AvgIpc) is 2.35. The molecule has 1 rings (SSSR count). The summed E-state index contributed by atoms with van der Waals surface area (Å²) < 4.78 is 6.00. The molecule has 0 amide bonds. The van der Waals surface area contributed by atoms with Crippen LogP contribution in [0, 0.1) is 13.8 Å². The molecule has 0 aromatic heterocycles. The van der Waals surface area contributed by atoms with Crippen molar-refractivity contribution in [3.8, 4) is 0 Å². The lowest BCUT2D eigenvalue weighted by Crippen LogP contribution is -2.43. The maximum absolute atomic E-state index is 6.51. The summed E-state index contributed by atoms with van der Waals surface area (Å²) >= 11 is 0. The van der Waals surface area contributed by atoms with Gasteiger partial charge in [-0.25, -0.2) is 0 Å². The van der Waals surface area contributed by atoms with E-state index in [1.165, 1.54) is 16.7 Å². The van der Waals surface area contributed by atoms with Crippen LogP contribution in [0.1, 0.15) is 56.3 Å². The number of rotatable bonds is 6. The van der Waals surface area contributed by atoms with Gasteiger partial charge in [0.2, 0.25) is 0 Å². The third kappa shape index (κ3) is 2.93. The molecule has 1 unspecified atom stereocenters. The molecule has 1 aromatic rings. The second-order valence-electron chi connectivity index (χ2n) is 5.04. The van der Waals surface area contributed by atoms with Gasteiger partial charge >= 0.3 is 0 Å². The predicted octanol–water partition coefficient (Wildman–Crippen LogP) is 3.90. The van der Waals surface area contributed by atoms with Crippen LogP contribution < -0.4 is 5.73 Å². The molecular weight excluding hydrogens is 222 g/mol. The minimum atomic E-state index is -0.241. The van der Waals surface area contributed by atoms with Crippen molar-refractivity contribution in [3.63, 3.8) is 0 Å². The van der Waals surface area contributed by atoms with Gasteiger partial charge in [0.25, 0.3) is 0 Å². The molecular formula is C16H27NO. The molecule has 0 saturated heterocycles. The van der Waals surface area contributed by atoms with E-state index in [0.717, 1.165) is 12.8 Å². The topological polar surface area (TPSA) is 35.2 Å². The minimum Gasteiger partial charge on any atom is -0.373 e. The summed E-state index contributed by atoms with van der Waals surface area (Å²) in [5.41, 5.74) is 10.0. The minimum absolute atomic E-state index is 0.0620. The van der Waals surface area contributed by atoms with Gasteiger partial charge in [0, 0.05) is 6.61 Å². The summed E-state index contributed by atoms with van der Waals surface area (Å²) in [6, 6.07) is 6.41. The Hall–Kier alpha value is -0.860. The van der Waals surface area contributed by atoms with Gasteiger partial charge in [-0.1, -0.05) is 37.6 Å². The van der Waals surface area contributed by atoms with E-state index < -0.39 is 0 Å². The van der Waals surface area contributed by atoms with Crippen LogP contribution in [0.3, 0.4) is 0 Å². The Morgan fingerprint density at radius 1 is 1.17 bits per heavy atom. The van der Waals surface area contributed by atoms with Crippen LogP contribution in [-0.4, -0.2) is 12.2 Å². The first kappa shape index (κ1) is 15.2. The van der Waals surface area contributed by atoms with Gasteiger partial charge in [0.15, 0.2) is 0 Å². The van der Waals surface area contributed by atoms with Crippen LogP contribution in [0.25, 0.3) is 0 Å². The summed E-state index contributed by atoms with van der Waals surface area (Å²) in [5, 5.41) is 0. The molecule has 2 N–H and O–H groups in total. The largest absolute Gasteiger partial charge is 0.373 e. The molecule has 0 aliphatic heterocycles. The van der Waals surface area contributed by atoms with Crippen LogP contribution in [0.15, 0.2) is 18.2 Å². The third-order valence-electron chi connectivity index (χ3n) is 3.96. The van der Waals surface area contributed by atoms with E-state index >= 15 is 0 Å². The fourth-order valence-corrected chi connectivity index (χ4v) is 2.73. The van der Waals surface area contributed by atoms with E-state index in [1.807, 2.05) is 6.92 Å². The zero-order valence-corrected chi connectivity index (χ0v) is 12.4. The molecule has 0 spiro atoms. The van der Waals surface area contributed by atoms with Gasteiger partial charge in [-0.05, 0) is 44.7 Å². The molecule has 0 bridgehead atoms. The van der Waals surface area contributed by atoms with Gasteiger partial charge < -0.3 is 10.5 Å². The van der Waals surface area contributed by atoms with E-state index in [9.17, 15) is 0 Å². The average molecular weight is 249 g/mol. The fourth-order valence-electron chi connectivity index (χ4n) is 2.73. The summed E-state index contributed by atoms with van der Waals surface area (Å²) in [4.78, 5) is 0. The number of hydrogen-bond donors (Lipinski definition) is 1. The first-order valence-electron chi connectivity index (χ1n) is 6.97. The highest BCUT2D eigenvalue weighted by molar-refractivity contribution is 5.34. The molecule has 0 saturated carbocycles. The summed E-state index contributed by atoms with van der Waals surface area (Å²) in [6.07, 6.45) is 1.87. The number of hydrogen-bond acceptors (Lipinski definition) is 2. The highest BCUT2D eigenvalue weighted by Gasteiger charge is 2.35. The van der Waals surface area contributed by atoms with Crippen molar-refractivity contribution in [3.05, 3.63) is 34.9 Å². The molecule has 2 heteroatoms. The highest BCUT2D eigenvalue weighted by atomic mass is 16.5. The van der Waals surface area contributed by atoms with Crippen molar-refractivity contribution in [2.75, 3.05) is 6.61 Å². The molecule has 2 nitrogen and oxygen atoms in total. The Balaban J connectivity index is 3.12. The molecule has 0 heterocycles. The molecule has 18 heavy (non-hydrogen) atoms. The molecule has 0 aliphatic rings. The fraction of sp³-hybridized carbons (Fsp3) is 0.625. The zero-order valence-electron chi connectivity index (χ0n) is 12.4. The van der Waals surface area contributed by atoms with Crippen LogP contribution in [0.2, 0.25) is 0 Å². The summed E-state index contributed by atoms with van der Waals surface area (Å²) in [6.45, 7) is 11.3. The molecule has 102 valence electrons. The Labute approximate surface area is 112 Å². The van der Waals surface area contributed by atoms with Gasteiger partial charge in [-0.15, -0.1) is 0 Å². The first-order chi connectivity index (χ1) is 8.50. The second-order valence-corrected chi connectivity index (χ2v) is 5.04. The van der Waals surface area contributed by atoms with Crippen LogP contribution in [0.5, 0.6) is 0 Å². The highest BCUT2D eigenvalue weighted by Crippen LogP contribution is 2.35. The number of aryl methyl sites for hydroxylation is 2. The molecule has 0 fully saturated rings. The number of nitrogens with two attached hydrogens (primary N) is 1. The van der Waals surface area contributed by atoms with Crippen molar-refractivity contribution in [1.82, 2.24) is 0 Å². The lowest BCUT2D eigenvalue weighted by molar-refractivity contribution is -0.0647. The smallest absolute Gasteiger partial charge is 0.0868 e. The number of benzene rings is 1. The Morgan fingerprint density at radius 2 is 1.78 bits per heavy atom. The van der Waals surface area contributed by atoms with E-state index in [1.54, 1.807) is 0 Å². The van der Waals surface area contributed by atoms with E-state index in [2.05, 4.69) is 45.9 Å². The van der Waals surface area contributed by atoms with Gasteiger partial charge in [-0.2, -0.15) is 0 Å². The Morgan fingerprint density at radius 3 is 2.22 bits per heavy atom. The molecule has 1 aromatic carbocycles. The monoisotopic (exact) mass is 249 g/mol. The van der Waals surface area contributed by atoms with Crippen LogP contribution >= 0.6 is 0 Å². The van der Waals surface area contributed by atoms with Crippen molar-refractivity contribution in [2.45, 2.75) is 59.1 Å². The standard InChI is InChI=1S/C16H27NO/c1-6-16(7-2,18-8-3)15(17)14-10-9-12(4)11-13(14)5/h9-11,15H,6-8,17H2,1-5H3. The normalized spacial score (nSPS) is 13.7. The maximum atomic E-state index is 6.51. The molecule has 0 aliphatic carbocycles. The number of ether oxygens (including phenoxy) is 1. The van der Waals surface area contributed by atoms with Gasteiger partial charge in [0.05, 0.1) is 11.6 Å². The zero-order chi connectivity index (χ0) is 13.8. The quantitative estimate of drug-likeness (QED) is 0.830. The Bertz CT molecular complexity index is 383. The van der Waals surface area contributed by atoms with E-state index in [4.69, 9.17) is 10.5 Å². The summed E-state index contributed by atoms with van der Waals surface area (Å²) in [5.74, 6) is 0. The Kier molecular flexibility index (Phi) is 5.36. The SMILES string of the molecule is CCOC(CC)(CC)C(N)c1ccc(C)cc1C. The van der Waals surface area contributed by atoms with Crippen molar-refractivity contribution < 1.29 is 4.74 Å². The third-order valence-corrected chi connectivity index (χ3v) is 3.96. The van der Waals surface area contributed by atoms with E-state index in [-0.39, 0.29) is 11.6 Å². The lowest BCUT2D eigenvalue weighted by Gasteiger charge is -2.38. The van der Waals surface area contributed by atoms with Crippen molar-refractivity contribution in [1.29, 1.82) is 0 Å². The lowest BCUT2D eigenvalue weighted by atomic mass is 9.82. The molecule has 0 radical (unpaired) electrons. The van der Waals surface area contributed by atoms with E-state index in [0.29, 0.717) is 6.61 Å². The first-order valence-corrected chi connectivity index (χ1v) is 6.97. The molecule has 1 atom stereocenters. The van der Waals surface area contributed by atoms with Crippen LogP contribution in [0.4, 0.5) is 0 Å². The summed E-state index contributed by atoms with van der Waals surface area (Å²) in [7, 11) is 0. The van der Waals surface area contributed by atoms with Crippen LogP contribution in [-0.2, 0) is 4.74 Å². The maximum Gasteiger partial charge on any atom is 0.0868 e.